The average Bonchev–Trinajstić information content (AvgIpc) is 3.07. The summed E-state index contributed by atoms with van der Waals surface area (Å²) < 4.78 is 0.707. The largest absolute Gasteiger partial charge is 0.340 e. The van der Waals surface area contributed by atoms with Crippen LogP contribution in [0.1, 0.15) is 41.8 Å². The maximum absolute atomic E-state index is 12.8. The lowest BCUT2D eigenvalue weighted by Gasteiger charge is -2.22. The van der Waals surface area contributed by atoms with Crippen molar-refractivity contribution in [3.63, 3.8) is 0 Å². The van der Waals surface area contributed by atoms with E-state index in [1.165, 1.54) is 17.5 Å². The second-order valence-corrected chi connectivity index (χ2v) is 7.86. The number of carbonyl (C=O) groups is 2. The second kappa shape index (κ2) is 8.04. The SMILES string of the molecule is CC(C)C(NC(=O)c1ccccc1Br)C(=O)Nc1ccc2c(c1)CCC2. The van der Waals surface area contributed by atoms with E-state index in [-0.39, 0.29) is 17.7 Å². The molecular formula is C21H23BrN2O2. The van der Waals surface area contributed by atoms with Gasteiger partial charge in [0.15, 0.2) is 0 Å². The molecule has 0 fully saturated rings. The predicted molar refractivity (Wildman–Crippen MR) is 107 cm³/mol. The van der Waals surface area contributed by atoms with Gasteiger partial charge in [0.25, 0.3) is 5.91 Å². The van der Waals surface area contributed by atoms with Crippen molar-refractivity contribution in [3.05, 3.63) is 63.6 Å². The zero-order chi connectivity index (χ0) is 18.7. The molecule has 1 atom stereocenters. The molecule has 0 saturated carbocycles. The Morgan fingerprint density at radius 2 is 1.77 bits per heavy atom. The van der Waals surface area contributed by atoms with Gasteiger partial charge in [-0.15, -0.1) is 0 Å². The Bertz CT molecular complexity index is 833. The second-order valence-electron chi connectivity index (χ2n) is 7.00. The van der Waals surface area contributed by atoms with E-state index in [1.807, 2.05) is 38.1 Å². The van der Waals surface area contributed by atoms with Crippen LogP contribution in [-0.2, 0) is 17.6 Å². The third-order valence-electron chi connectivity index (χ3n) is 4.72. The summed E-state index contributed by atoms with van der Waals surface area (Å²) in [7, 11) is 0. The van der Waals surface area contributed by atoms with Gasteiger partial charge in [0.1, 0.15) is 6.04 Å². The van der Waals surface area contributed by atoms with E-state index in [0.29, 0.717) is 10.0 Å². The molecule has 26 heavy (non-hydrogen) atoms. The molecule has 0 bridgehead atoms. The summed E-state index contributed by atoms with van der Waals surface area (Å²) in [6, 6.07) is 12.7. The van der Waals surface area contributed by atoms with Crippen LogP contribution in [0.4, 0.5) is 5.69 Å². The summed E-state index contributed by atoms with van der Waals surface area (Å²) in [5.74, 6) is -0.491. The van der Waals surface area contributed by atoms with Gasteiger partial charge in [-0.05, 0) is 76.5 Å². The first-order chi connectivity index (χ1) is 12.5. The fourth-order valence-electron chi connectivity index (χ4n) is 3.27. The van der Waals surface area contributed by atoms with Gasteiger partial charge in [-0.3, -0.25) is 9.59 Å². The fraction of sp³-hybridized carbons (Fsp3) is 0.333. The van der Waals surface area contributed by atoms with Gasteiger partial charge in [0.2, 0.25) is 5.91 Å². The molecule has 136 valence electrons. The van der Waals surface area contributed by atoms with Crippen LogP contribution in [0.2, 0.25) is 0 Å². The molecule has 2 N–H and O–H groups in total. The van der Waals surface area contributed by atoms with Crippen molar-refractivity contribution in [3.8, 4) is 0 Å². The summed E-state index contributed by atoms with van der Waals surface area (Å²) in [6.45, 7) is 3.85. The van der Waals surface area contributed by atoms with Crippen LogP contribution in [0.5, 0.6) is 0 Å². The van der Waals surface area contributed by atoms with Crippen molar-refractivity contribution >= 4 is 33.4 Å². The van der Waals surface area contributed by atoms with Gasteiger partial charge in [0, 0.05) is 10.2 Å². The van der Waals surface area contributed by atoms with Gasteiger partial charge >= 0.3 is 0 Å². The van der Waals surface area contributed by atoms with Crippen LogP contribution in [0.15, 0.2) is 46.9 Å². The van der Waals surface area contributed by atoms with E-state index in [2.05, 4.69) is 32.6 Å². The van der Waals surface area contributed by atoms with Crippen LogP contribution < -0.4 is 10.6 Å². The van der Waals surface area contributed by atoms with E-state index in [0.717, 1.165) is 18.5 Å². The number of carbonyl (C=O) groups excluding carboxylic acids is 2. The highest BCUT2D eigenvalue weighted by molar-refractivity contribution is 9.10. The summed E-state index contributed by atoms with van der Waals surface area (Å²) in [5.41, 5.74) is 3.98. The summed E-state index contributed by atoms with van der Waals surface area (Å²) in [4.78, 5) is 25.3. The molecule has 2 aromatic carbocycles. The smallest absolute Gasteiger partial charge is 0.253 e. The zero-order valence-electron chi connectivity index (χ0n) is 15.0. The molecule has 5 heteroatoms. The molecule has 0 aromatic heterocycles. The van der Waals surface area contributed by atoms with Crippen molar-refractivity contribution in [2.45, 2.75) is 39.2 Å². The number of halogens is 1. The van der Waals surface area contributed by atoms with Crippen LogP contribution in [0, 0.1) is 5.92 Å². The molecule has 4 nitrogen and oxygen atoms in total. The Labute approximate surface area is 162 Å². The molecule has 1 aliphatic rings. The number of aryl methyl sites for hydroxylation is 2. The first kappa shape index (κ1) is 18.6. The highest BCUT2D eigenvalue weighted by Crippen LogP contribution is 2.25. The Morgan fingerprint density at radius 3 is 2.50 bits per heavy atom. The summed E-state index contributed by atoms with van der Waals surface area (Å²) in [6.07, 6.45) is 3.34. The maximum atomic E-state index is 12.8. The number of nitrogens with one attached hydrogen (secondary N) is 2. The van der Waals surface area contributed by atoms with Crippen molar-refractivity contribution < 1.29 is 9.59 Å². The van der Waals surface area contributed by atoms with Gasteiger partial charge in [-0.2, -0.15) is 0 Å². The minimum absolute atomic E-state index is 0.0316. The van der Waals surface area contributed by atoms with Crippen LogP contribution in [0.25, 0.3) is 0 Å². The third-order valence-corrected chi connectivity index (χ3v) is 5.41. The molecule has 3 rings (SSSR count). The Hall–Kier alpha value is -2.14. The number of hydrogen-bond donors (Lipinski definition) is 2. The predicted octanol–water partition coefficient (Wildman–Crippen LogP) is 4.33. The number of hydrogen-bond acceptors (Lipinski definition) is 2. The van der Waals surface area contributed by atoms with E-state index in [9.17, 15) is 9.59 Å². The van der Waals surface area contributed by atoms with Crippen molar-refractivity contribution in [1.29, 1.82) is 0 Å². The minimum atomic E-state index is -0.608. The first-order valence-electron chi connectivity index (χ1n) is 8.94. The number of amides is 2. The Balaban J connectivity index is 1.72. The summed E-state index contributed by atoms with van der Waals surface area (Å²) >= 11 is 3.38. The molecule has 0 heterocycles. The Kier molecular flexibility index (Phi) is 5.77. The number of anilines is 1. The molecule has 0 radical (unpaired) electrons. The van der Waals surface area contributed by atoms with Gasteiger partial charge in [-0.25, -0.2) is 0 Å². The van der Waals surface area contributed by atoms with E-state index in [4.69, 9.17) is 0 Å². The highest BCUT2D eigenvalue weighted by atomic mass is 79.9. The van der Waals surface area contributed by atoms with Crippen molar-refractivity contribution in [1.82, 2.24) is 5.32 Å². The molecule has 0 aliphatic heterocycles. The van der Waals surface area contributed by atoms with Gasteiger partial charge < -0.3 is 10.6 Å². The fourth-order valence-corrected chi connectivity index (χ4v) is 3.73. The van der Waals surface area contributed by atoms with E-state index >= 15 is 0 Å². The first-order valence-corrected chi connectivity index (χ1v) is 9.73. The lowest BCUT2D eigenvalue weighted by atomic mass is 10.0. The molecule has 0 saturated heterocycles. The summed E-state index contributed by atoms with van der Waals surface area (Å²) in [5, 5.41) is 5.82. The topological polar surface area (TPSA) is 58.2 Å². The van der Waals surface area contributed by atoms with Crippen molar-refractivity contribution in [2.75, 3.05) is 5.32 Å². The normalized spacial score (nSPS) is 14.0. The van der Waals surface area contributed by atoms with Crippen LogP contribution >= 0.6 is 15.9 Å². The Morgan fingerprint density at radius 1 is 1.04 bits per heavy atom. The van der Waals surface area contributed by atoms with Crippen LogP contribution in [0.3, 0.4) is 0 Å². The monoisotopic (exact) mass is 414 g/mol. The highest BCUT2D eigenvalue weighted by Gasteiger charge is 2.25. The van der Waals surface area contributed by atoms with Gasteiger partial charge in [0.05, 0.1) is 5.56 Å². The number of fused-ring (bicyclic) bond motifs is 1. The lowest BCUT2D eigenvalue weighted by molar-refractivity contribution is -0.118. The quantitative estimate of drug-likeness (QED) is 0.764. The number of benzene rings is 2. The van der Waals surface area contributed by atoms with E-state index in [1.54, 1.807) is 12.1 Å². The lowest BCUT2D eigenvalue weighted by Crippen LogP contribution is -2.47. The molecular weight excluding hydrogens is 392 g/mol. The van der Waals surface area contributed by atoms with E-state index < -0.39 is 6.04 Å². The molecule has 1 aliphatic carbocycles. The minimum Gasteiger partial charge on any atom is -0.340 e. The molecule has 2 amide bonds. The number of rotatable bonds is 5. The average molecular weight is 415 g/mol. The molecule has 1 unspecified atom stereocenters. The van der Waals surface area contributed by atoms with Crippen molar-refractivity contribution in [2.24, 2.45) is 5.92 Å². The van der Waals surface area contributed by atoms with Crippen LogP contribution in [-0.4, -0.2) is 17.9 Å². The molecule has 0 spiro atoms. The van der Waals surface area contributed by atoms with Gasteiger partial charge in [-0.1, -0.05) is 32.0 Å². The standard InChI is InChI=1S/C21H23BrN2O2/c1-13(2)19(24-20(25)17-8-3-4-9-18(17)22)21(26)23-16-11-10-14-6-5-7-15(14)12-16/h3-4,8-13,19H,5-7H2,1-2H3,(H,23,26)(H,24,25). The zero-order valence-corrected chi connectivity index (χ0v) is 16.6. The molecule has 2 aromatic rings. The third kappa shape index (κ3) is 4.15. The maximum Gasteiger partial charge on any atom is 0.253 e.